The van der Waals surface area contributed by atoms with Gasteiger partial charge >= 0.3 is 11.9 Å². The summed E-state index contributed by atoms with van der Waals surface area (Å²) in [4.78, 5) is 37.5. The highest BCUT2D eigenvalue weighted by atomic mass is 16.7. The molecule has 0 saturated carbocycles. The number of allylic oxidation sites excluding steroid dienone is 18. The van der Waals surface area contributed by atoms with E-state index in [-0.39, 0.29) is 38.6 Å². The topological polar surface area (TPSA) is 111 Å². The number of nitrogens with zero attached hydrogens (tertiary/aromatic N) is 1. The SMILES string of the molecule is CC/C=C\C/C=C\C/C=C\C/C=C\C/C=C\C/C=C\CCCCCCCCC(=O)OC(COC(=O)CCCCCCCCCCCCCCCCCCCCCCCCCCCC/C=C\C/C=C\C/C=C\CCCCCCC)COC(OCC[N+](C)(C)C)C(=O)[O-]. The Morgan fingerprint density at radius 1 is 0.341 bits per heavy atom. The Morgan fingerprint density at radius 2 is 0.626 bits per heavy atom. The van der Waals surface area contributed by atoms with Crippen molar-refractivity contribution in [2.45, 2.75) is 347 Å². The van der Waals surface area contributed by atoms with Gasteiger partial charge in [-0.3, -0.25) is 9.59 Å². The van der Waals surface area contributed by atoms with Crippen LogP contribution in [0.4, 0.5) is 0 Å². The first-order valence-electron chi connectivity index (χ1n) is 38.0. The first kappa shape index (κ1) is 87.0. The number of rotatable bonds is 70. The molecule has 0 aliphatic carbocycles. The van der Waals surface area contributed by atoms with Gasteiger partial charge in [0.2, 0.25) is 0 Å². The molecule has 9 nitrogen and oxygen atoms in total. The van der Waals surface area contributed by atoms with Gasteiger partial charge in [0.15, 0.2) is 12.4 Å². The van der Waals surface area contributed by atoms with Crippen molar-refractivity contribution in [3.63, 3.8) is 0 Å². The molecule has 0 aliphatic rings. The monoisotopic (exact) mass is 1270 g/mol. The molecular formula is C82H143NO8. The summed E-state index contributed by atoms with van der Waals surface area (Å²) in [5.74, 6) is -2.30. The summed E-state index contributed by atoms with van der Waals surface area (Å²) in [5, 5.41) is 11.8. The van der Waals surface area contributed by atoms with Crippen molar-refractivity contribution in [2.24, 2.45) is 0 Å². The second-order valence-corrected chi connectivity index (χ2v) is 26.6. The van der Waals surface area contributed by atoms with Crippen molar-refractivity contribution in [3.8, 4) is 0 Å². The lowest BCUT2D eigenvalue weighted by molar-refractivity contribution is -0.870. The first-order valence-corrected chi connectivity index (χ1v) is 38.0. The van der Waals surface area contributed by atoms with Gasteiger partial charge < -0.3 is 33.3 Å². The molecule has 0 radical (unpaired) electrons. The Kier molecular flexibility index (Phi) is 68.6. The van der Waals surface area contributed by atoms with Gasteiger partial charge in [0, 0.05) is 12.8 Å². The van der Waals surface area contributed by atoms with E-state index in [0.29, 0.717) is 17.4 Å². The van der Waals surface area contributed by atoms with Crippen LogP contribution < -0.4 is 5.11 Å². The van der Waals surface area contributed by atoms with E-state index in [1.54, 1.807) is 0 Å². The summed E-state index contributed by atoms with van der Waals surface area (Å²) >= 11 is 0. The number of aliphatic carboxylic acids is 1. The van der Waals surface area contributed by atoms with Crippen LogP contribution in [0.5, 0.6) is 0 Å². The number of ether oxygens (including phenoxy) is 4. The number of hydrogen-bond donors (Lipinski definition) is 0. The largest absolute Gasteiger partial charge is 0.545 e. The standard InChI is InChI=1S/C82H143NO8/c1-6-8-10-12-14-16-18-20-22-24-26-28-30-32-33-34-35-36-37-38-39-40-41-42-43-44-45-46-47-49-50-52-54-56-58-60-62-64-66-68-70-72-79(84)89-76-78(77-90-82(81(86)87)88-75-74-83(3,4)5)91-80(85)73-71-69-67-65-63-61-59-57-55-53-51-48-31-29-27-25-23-21-19-17-15-13-11-9-7-2/h9,11,15,17-18,20-21,23-24,26-27,29-30,32,48,51,55,57,78,82H,6-8,10,12-14,16,19,22,25,28,31,33-47,49-50,52-54,56,58-77H2,1-5H3/b11-9-,17-15-,20-18-,23-21-,26-24-,29-27-,32-30-,51-48-,57-55-. The summed E-state index contributed by atoms with van der Waals surface area (Å²) in [6.45, 7) is 4.63. The average Bonchev–Trinajstić information content (AvgIpc) is 3.46. The normalized spacial score (nSPS) is 13.3. The molecule has 524 valence electrons. The van der Waals surface area contributed by atoms with E-state index in [4.69, 9.17) is 18.9 Å². The van der Waals surface area contributed by atoms with Gasteiger partial charge in [-0.15, -0.1) is 0 Å². The minimum Gasteiger partial charge on any atom is -0.545 e. The van der Waals surface area contributed by atoms with Crippen LogP contribution in [0.25, 0.3) is 0 Å². The van der Waals surface area contributed by atoms with Crippen LogP contribution >= 0.6 is 0 Å². The third-order valence-electron chi connectivity index (χ3n) is 16.5. The van der Waals surface area contributed by atoms with Crippen LogP contribution in [-0.4, -0.2) is 82.3 Å². The third-order valence-corrected chi connectivity index (χ3v) is 16.5. The van der Waals surface area contributed by atoms with E-state index in [1.807, 2.05) is 21.1 Å². The molecule has 0 bridgehead atoms. The fraction of sp³-hybridized carbons (Fsp3) is 0.744. The highest BCUT2D eigenvalue weighted by molar-refractivity contribution is 5.70. The molecule has 0 heterocycles. The number of carboxylic acids is 1. The number of unbranched alkanes of at least 4 members (excludes halogenated alkanes) is 37. The first-order chi connectivity index (χ1) is 44.6. The fourth-order valence-electron chi connectivity index (χ4n) is 10.7. The number of hydrogen-bond acceptors (Lipinski definition) is 8. The molecule has 0 aromatic carbocycles. The Labute approximate surface area is 562 Å². The molecule has 0 saturated heterocycles. The zero-order chi connectivity index (χ0) is 66.1. The maximum atomic E-state index is 12.9. The molecule has 0 N–H and O–H groups in total. The summed E-state index contributed by atoms with van der Waals surface area (Å²) in [6, 6.07) is 0. The number of esters is 2. The Balaban J connectivity index is 4.01. The number of quaternary nitrogens is 1. The van der Waals surface area contributed by atoms with Gasteiger partial charge in [-0.2, -0.15) is 0 Å². The van der Waals surface area contributed by atoms with Crippen LogP contribution in [0.3, 0.4) is 0 Å². The predicted molar refractivity (Wildman–Crippen MR) is 389 cm³/mol. The average molecular weight is 1270 g/mol. The van der Waals surface area contributed by atoms with Gasteiger partial charge in [-0.05, 0) is 103 Å². The van der Waals surface area contributed by atoms with Crippen LogP contribution in [0.1, 0.15) is 335 Å². The molecule has 0 amide bonds. The molecule has 2 unspecified atom stereocenters. The maximum absolute atomic E-state index is 12.9. The Bertz CT molecular complexity index is 1870. The van der Waals surface area contributed by atoms with E-state index in [0.717, 1.165) is 109 Å². The van der Waals surface area contributed by atoms with Gasteiger partial charge in [0.25, 0.3) is 0 Å². The van der Waals surface area contributed by atoms with E-state index in [1.165, 1.54) is 193 Å². The number of carbonyl (C=O) groups excluding carboxylic acids is 3. The Hall–Kier alpha value is -4.05. The number of carbonyl (C=O) groups is 3. The van der Waals surface area contributed by atoms with Gasteiger partial charge in [-0.1, -0.05) is 329 Å². The van der Waals surface area contributed by atoms with Crippen LogP contribution in [-0.2, 0) is 33.3 Å². The van der Waals surface area contributed by atoms with E-state index in [9.17, 15) is 19.5 Å². The lowest BCUT2D eigenvalue weighted by atomic mass is 10.0. The molecule has 2 atom stereocenters. The minimum atomic E-state index is -1.63. The van der Waals surface area contributed by atoms with Crippen LogP contribution in [0.15, 0.2) is 109 Å². The lowest BCUT2D eigenvalue weighted by Gasteiger charge is -2.26. The molecule has 0 aromatic rings. The van der Waals surface area contributed by atoms with E-state index >= 15 is 0 Å². The molecule has 0 aliphatic heterocycles. The van der Waals surface area contributed by atoms with Gasteiger partial charge in [0.1, 0.15) is 13.2 Å². The van der Waals surface area contributed by atoms with Crippen LogP contribution in [0.2, 0.25) is 0 Å². The van der Waals surface area contributed by atoms with Crippen molar-refractivity contribution < 1.29 is 42.9 Å². The molecule has 9 heteroatoms. The van der Waals surface area contributed by atoms with E-state index < -0.39 is 24.3 Å². The van der Waals surface area contributed by atoms with E-state index in [2.05, 4.69) is 123 Å². The smallest absolute Gasteiger partial charge is 0.306 e. The molecule has 0 aromatic heterocycles. The highest BCUT2D eigenvalue weighted by Gasteiger charge is 2.22. The summed E-state index contributed by atoms with van der Waals surface area (Å²) in [6.07, 6.45) is 97.7. The molecule has 0 spiro atoms. The van der Waals surface area contributed by atoms with Crippen molar-refractivity contribution in [3.05, 3.63) is 109 Å². The van der Waals surface area contributed by atoms with Crippen LogP contribution in [0, 0.1) is 0 Å². The van der Waals surface area contributed by atoms with Crippen molar-refractivity contribution >= 4 is 17.9 Å². The van der Waals surface area contributed by atoms with Crippen molar-refractivity contribution in [1.82, 2.24) is 0 Å². The molecule has 0 fully saturated rings. The molecule has 0 rings (SSSR count). The quantitative estimate of drug-likeness (QED) is 0.0195. The fourth-order valence-corrected chi connectivity index (χ4v) is 10.7. The third kappa shape index (κ3) is 73.2. The molecular weight excluding hydrogens is 1130 g/mol. The number of carboxylic acid groups (broad SMARTS) is 1. The zero-order valence-electron chi connectivity index (χ0n) is 59.9. The second-order valence-electron chi connectivity index (χ2n) is 26.6. The predicted octanol–water partition coefficient (Wildman–Crippen LogP) is 22.8. The Morgan fingerprint density at radius 3 is 0.934 bits per heavy atom. The minimum absolute atomic E-state index is 0.141. The zero-order valence-corrected chi connectivity index (χ0v) is 59.9. The number of likely N-dealkylation sites (N-methyl/N-ethyl adjacent to an activating group) is 1. The van der Waals surface area contributed by atoms with Crippen molar-refractivity contribution in [2.75, 3.05) is 47.5 Å². The molecule has 91 heavy (non-hydrogen) atoms. The van der Waals surface area contributed by atoms with Gasteiger partial charge in [-0.25, -0.2) is 0 Å². The maximum Gasteiger partial charge on any atom is 0.306 e. The summed E-state index contributed by atoms with van der Waals surface area (Å²) < 4.78 is 22.8. The second kappa shape index (κ2) is 71.8. The lowest BCUT2D eigenvalue weighted by Crippen LogP contribution is -2.44. The van der Waals surface area contributed by atoms with Gasteiger partial charge in [0.05, 0.1) is 40.3 Å². The van der Waals surface area contributed by atoms with Crippen molar-refractivity contribution in [1.29, 1.82) is 0 Å². The summed E-state index contributed by atoms with van der Waals surface area (Å²) in [7, 11) is 5.93. The highest BCUT2D eigenvalue weighted by Crippen LogP contribution is 2.18. The summed E-state index contributed by atoms with van der Waals surface area (Å²) in [5.41, 5.74) is 0.